The standard InChI is InChI=1S/C13H11BrFN3S/c1-8-4-11(15)10(14)5-12(8)16-6-9-7-18-2-3-19-13(18)17-9/h2-5,7,16H,6H2,1H3. The van der Waals surface area contributed by atoms with E-state index in [2.05, 4.69) is 26.2 Å². The summed E-state index contributed by atoms with van der Waals surface area (Å²) in [7, 11) is 0. The van der Waals surface area contributed by atoms with Crippen LogP contribution in [0.3, 0.4) is 0 Å². The van der Waals surface area contributed by atoms with Crippen LogP contribution in [0.1, 0.15) is 11.3 Å². The molecule has 0 saturated heterocycles. The first-order valence-electron chi connectivity index (χ1n) is 5.74. The van der Waals surface area contributed by atoms with Crippen molar-refractivity contribution in [3.63, 3.8) is 0 Å². The lowest BCUT2D eigenvalue weighted by atomic mass is 10.2. The van der Waals surface area contributed by atoms with Crippen LogP contribution in [0, 0.1) is 12.7 Å². The van der Waals surface area contributed by atoms with Crippen LogP contribution < -0.4 is 5.32 Å². The number of nitrogens with one attached hydrogen (secondary N) is 1. The Kier molecular flexibility index (Phi) is 3.28. The number of halogens is 2. The SMILES string of the molecule is Cc1cc(F)c(Br)cc1NCc1cn2ccsc2n1. The summed E-state index contributed by atoms with van der Waals surface area (Å²) in [6, 6.07) is 3.27. The number of rotatable bonds is 3. The maximum Gasteiger partial charge on any atom is 0.193 e. The summed E-state index contributed by atoms with van der Waals surface area (Å²) in [5.41, 5.74) is 2.75. The second-order valence-electron chi connectivity index (χ2n) is 4.26. The summed E-state index contributed by atoms with van der Waals surface area (Å²) in [6.07, 6.45) is 3.98. The van der Waals surface area contributed by atoms with E-state index in [9.17, 15) is 4.39 Å². The summed E-state index contributed by atoms with van der Waals surface area (Å²) in [5.74, 6) is -0.245. The number of fused-ring (bicyclic) bond motifs is 1. The summed E-state index contributed by atoms with van der Waals surface area (Å²) in [6.45, 7) is 2.50. The van der Waals surface area contributed by atoms with Crippen LogP contribution in [0.2, 0.25) is 0 Å². The Morgan fingerprint density at radius 3 is 3.11 bits per heavy atom. The highest BCUT2D eigenvalue weighted by atomic mass is 79.9. The Morgan fingerprint density at radius 1 is 1.47 bits per heavy atom. The highest BCUT2D eigenvalue weighted by molar-refractivity contribution is 9.10. The first kappa shape index (κ1) is 12.6. The average molecular weight is 340 g/mol. The smallest absolute Gasteiger partial charge is 0.193 e. The Morgan fingerprint density at radius 2 is 2.32 bits per heavy atom. The molecule has 3 rings (SSSR count). The van der Waals surface area contributed by atoms with Crippen LogP contribution in [-0.4, -0.2) is 9.38 Å². The van der Waals surface area contributed by atoms with E-state index in [0.29, 0.717) is 11.0 Å². The molecule has 0 amide bonds. The van der Waals surface area contributed by atoms with Crippen molar-refractivity contribution in [3.05, 3.63) is 51.5 Å². The van der Waals surface area contributed by atoms with E-state index in [-0.39, 0.29) is 5.82 Å². The van der Waals surface area contributed by atoms with Gasteiger partial charge >= 0.3 is 0 Å². The van der Waals surface area contributed by atoms with Crippen molar-refractivity contribution in [1.29, 1.82) is 0 Å². The second-order valence-corrected chi connectivity index (χ2v) is 5.99. The van der Waals surface area contributed by atoms with Crippen LogP contribution in [0.4, 0.5) is 10.1 Å². The van der Waals surface area contributed by atoms with E-state index in [1.54, 1.807) is 17.4 Å². The van der Waals surface area contributed by atoms with Crippen molar-refractivity contribution in [2.45, 2.75) is 13.5 Å². The number of anilines is 1. The molecule has 0 atom stereocenters. The number of hydrogen-bond acceptors (Lipinski definition) is 3. The number of benzene rings is 1. The zero-order valence-electron chi connectivity index (χ0n) is 10.2. The van der Waals surface area contributed by atoms with Crippen LogP contribution >= 0.6 is 27.3 Å². The van der Waals surface area contributed by atoms with Crippen LogP contribution in [-0.2, 0) is 6.54 Å². The Bertz CT molecular complexity index is 706. The third-order valence-electron chi connectivity index (χ3n) is 2.87. The van der Waals surface area contributed by atoms with Gasteiger partial charge in [-0.1, -0.05) is 0 Å². The molecule has 0 aliphatic rings. The fourth-order valence-corrected chi connectivity index (χ4v) is 2.95. The molecule has 2 aromatic heterocycles. The minimum atomic E-state index is -0.245. The normalized spacial score (nSPS) is 11.1. The summed E-state index contributed by atoms with van der Waals surface area (Å²) in [4.78, 5) is 5.47. The molecule has 0 spiro atoms. The van der Waals surface area contributed by atoms with Gasteiger partial charge in [0.2, 0.25) is 0 Å². The highest BCUT2D eigenvalue weighted by Crippen LogP contribution is 2.24. The van der Waals surface area contributed by atoms with Gasteiger partial charge in [-0.2, -0.15) is 0 Å². The predicted octanol–water partition coefficient (Wildman–Crippen LogP) is 4.22. The third kappa shape index (κ3) is 2.50. The van der Waals surface area contributed by atoms with E-state index >= 15 is 0 Å². The number of hydrogen-bond donors (Lipinski definition) is 1. The minimum Gasteiger partial charge on any atom is -0.379 e. The van der Waals surface area contributed by atoms with Gasteiger partial charge < -0.3 is 5.32 Å². The van der Waals surface area contributed by atoms with Crippen molar-refractivity contribution < 1.29 is 4.39 Å². The van der Waals surface area contributed by atoms with Crippen molar-refractivity contribution in [1.82, 2.24) is 9.38 Å². The van der Waals surface area contributed by atoms with Gasteiger partial charge in [0, 0.05) is 23.5 Å². The number of nitrogens with zero attached hydrogens (tertiary/aromatic N) is 2. The molecule has 6 heteroatoms. The van der Waals surface area contributed by atoms with Crippen molar-refractivity contribution in [3.8, 4) is 0 Å². The molecule has 0 radical (unpaired) electrons. The predicted molar refractivity (Wildman–Crippen MR) is 79.2 cm³/mol. The van der Waals surface area contributed by atoms with Gasteiger partial charge in [-0.15, -0.1) is 11.3 Å². The zero-order chi connectivity index (χ0) is 13.4. The lowest BCUT2D eigenvalue weighted by molar-refractivity contribution is 0.620. The van der Waals surface area contributed by atoms with Gasteiger partial charge in [0.25, 0.3) is 0 Å². The number of aryl methyl sites for hydroxylation is 1. The molecule has 0 fully saturated rings. The van der Waals surface area contributed by atoms with Crippen LogP contribution in [0.5, 0.6) is 0 Å². The van der Waals surface area contributed by atoms with Crippen molar-refractivity contribution in [2.24, 2.45) is 0 Å². The lowest BCUT2D eigenvalue weighted by Crippen LogP contribution is -2.02. The molecule has 0 aliphatic carbocycles. The van der Waals surface area contributed by atoms with Crippen molar-refractivity contribution in [2.75, 3.05) is 5.32 Å². The molecule has 1 aromatic carbocycles. The zero-order valence-corrected chi connectivity index (χ0v) is 12.6. The molecule has 3 aromatic rings. The van der Waals surface area contributed by atoms with Crippen molar-refractivity contribution >= 4 is 37.9 Å². The molecule has 19 heavy (non-hydrogen) atoms. The number of imidazole rings is 1. The summed E-state index contributed by atoms with van der Waals surface area (Å²) < 4.78 is 15.8. The molecule has 0 saturated carbocycles. The van der Waals surface area contributed by atoms with Gasteiger partial charge in [-0.05, 0) is 40.5 Å². The first-order chi connectivity index (χ1) is 9.13. The Balaban J connectivity index is 1.79. The van der Waals surface area contributed by atoms with Crippen LogP contribution in [0.15, 0.2) is 34.4 Å². The quantitative estimate of drug-likeness (QED) is 0.774. The Hall–Kier alpha value is -1.40. The third-order valence-corrected chi connectivity index (χ3v) is 4.25. The molecule has 98 valence electrons. The van der Waals surface area contributed by atoms with E-state index in [0.717, 1.165) is 21.9 Å². The van der Waals surface area contributed by atoms with Gasteiger partial charge in [-0.25, -0.2) is 9.37 Å². The maximum absolute atomic E-state index is 13.3. The van der Waals surface area contributed by atoms with Gasteiger partial charge in [-0.3, -0.25) is 4.40 Å². The molecule has 0 bridgehead atoms. The molecule has 0 unspecified atom stereocenters. The molecule has 0 aliphatic heterocycles. The molecular formula is C13H11BrFN3S. The first-order valence-corrected chi connectivity index (χ1v) is 7.41. The van der Waals surface area contributed by atoms with Crippen LogP contribution in [0.25, 0.3) is 4.96 Å². The maximum atomic E-state index is 13.3. The average Bonchev–Trinajstić information content (AvgIpc) is 2.92. The summed E-state index contributed by atoms with van der Waals surface area (Å²) >= 11 is 4.80. The molecular weight excluding hydrogens is 329 g/mol. The summed E-state index contributed by atoms with van der Waals surface area (Å²) in [5, 5.41) is 5.28. The fourth-order valence-electron chi connectivity index (χ4n) is 1.88. The number of thiazole rings is 1. The minimum absolute atomic E-state index is 0.245. The monoisotopic (exact) mass is 339 g/mol. The molecule has 3 nitrogen and oxygen atoms in total. The van der Waals surface area contributed by atoms with E-state index in [1.807, 2.05) is 29.1 Å². The largest absolute Gasteiger partial charge is 0.379 e. The number of aromatic nitrogens is 2. The second kappa shape index (κ2) is 4.94. The molecule has 1 N–H and O–H groups in total. The fraction of sp³-hybridized carbons (Fsp3) is 0.154. The molecule has 2 heterocycles. The highest BCUT2D eigenvalue weighted by Gasteiger charge is 2.06. The van der Waals surface area contributed by atoms with E-state index < -0.39 is 0 Å². The van der Waals surface area contributed by atoms with Gasteiger partial charge in [0.05, 0.1) is 16.7 Å². The van der Waals surface area contributed by atoms with E-state index in [1.165, 1.54) is 6.07 Å². The topological polar surface area (TPSA) is 29.3 Å². The van der Waals surface area contributed by atoms with Gasteiger partial charge in [0.1, 0.15) is 5.82 Å². The Labute approximate surface area is 122 Å². The van der Waals surface area contributed by atoms with Gasteiger partial charge in [0.15, 0.2) is 4.96 Å². The van der Waals surface area contributed by atoms with E-state index in [4.69, 9.17) is 0 Å². The lowest BCUT2D eigenvalue weighted by Gasteiger charge is -2.09.